The van der Waals surface area contributed by atoms with E-state index in [4.69, 9.17) is 0 Å². The number of aromatic hydroxyl groups is 1. The van der Waals surface area contributed by atoms with E-state index in [1.165, 1.54) is 12.1 Å². The van der Waals surface area contributed by atoms with E-state index in [1.54, 1.807) is 16.9 Å². The largest absolute Gasteiger partial charge is 0.507 e. The highest BCUT2D eigenvalue weighted by molar-refractivity contribution is 9.10. The van der Waals surface area contributed by atoms with E-state index in [1.807, 2.05) is 24.3 Å². The van der Waals surface area contributed by atoms with Gasteiger partial charge in [0.05, 0.1) is 17.7 Å². The maximum Gasteiger partial charge on any atom is 0.291 e. The molecule has 10 heteroatoms. The summed E-state index contributed by atoms with van der Waals surface area (Å²) in [6.07, 6.45) is 2.80. The van der Waals surface area contributed by atoms with Crippen molar-refractivity contribution in [2.45, 2.75) is 6.54 Å². The lowest BCUT2D eigenvalue weighted by Crippen LogP contribution is -2.18. The molecule has 0 radical (unpaired) electrons. The molecule has 1 amide bonds. The molecule has 0 spiro atoms. The lowest BCUT2D eigenvalue weighted by Gasteiger charge is -2.02. The highest BCUT2D eigenvalue weighted by Crippen LogP contribution is 2.21. The molecule has 0 saturated heterocycles. The number of nitrogens with one attached hydrogen (secondary N) is 1. The van der Waals surface area contributed by atoms with Crippen LogP contribution in [0.25, 0.3) is 0 Å². The van der Waals surface area contributed by atoms with Gasteiger partial charge in [0.25, 0.3) is 11.6 Å². The van der Waals surface area contributed by atoms with Gasteiger partial charge in [-0.15, -0.1) is 0 Å². The molecule has 0 aliphatic heterocycles. The second-order valence-corrected chi connectivity index (χ2v) is 6.64. The predicted octanol–water partition coefficient (Wildman–Crippen LogP) is 3.07. The van der Waals surface area contributed by atoms with Gasteiger partial charge in [-0.3, -0.25) is 19.6 Å². The van der Waals surface area contributed by atoms with Gasteiger partial charge in [-0.2, -0.15) is 10.2 Å². The normalized spacial score (nSPS) is 10.9. The van der Waals surface area contributed by atoms with Gasteiger partial charge in [0, 0.05) is 28.4 Å². The lowest BCUT2D eigenvalue weighted by atomic mass is 10.2. The monoisotopic (exact) mass is 443 g/mol. The Labute approximate surface area is 167 Å². The number of amides is 1. The highest BCUT2D eigenvalue weighted by atomic mass is 79.9. The SMILES string of the molecule is O=C(N/N=C\c1cc([N+](=O)[O-])ccc1O)c1ccn(Cc2ccc(Br)cc2)n1. The van der Waals surface area contributed by atoms with Crippen molar-refractivity contribution in [2.24, 2.45) is 5.10 Å². The number of phenolic OH excluding ortho intramolecular Hbond substituents is 1. The van der Waals surface area contributed by atoms with E-state index >= 15 is 0 Å². The van der Waals surface area contributed by atoms with E-state index < -0.39 is 10.8 Å². The number of non-ortho nitro benzene ring substituents is 1. The second-order valence-electron chi connectivity index (χ2n) is 5.72. The van der Waals surface area contributed by atoms with Crippen molar-refractivity contribution < 1.29 is 14.8 Å². The van der Waals surface area contributed by atoms with Gasteiger partial charge >= 0.3 is 0 Å². The zero-order chi connectivity index (χ0) is 20.1. The van der Waals surface area contributed by atoms with Crippen molar-refractivity contribution >= 4 is 33.7 Å². The Hall–Kier alpha value is -3.53. The van der Waals surface area contributed by atoms with Crippen LogP contribution in [0.4, 0.5) is 5.69 Å². The van der Waals surface area contributed by atoms with Gasteiger partial charge in [0.2, 0.25) is 0 Å². The Morgan fingerprint density at radius 1 is 1.29 bits per heavy atom. The van der Waals surface area contributed by atoms with Crippen molar-refractivity contribution in [3.05, 3.63) is 86.1 Å². The second kappa shape index (κ2) is 8.44. The van der Waals surface area contributed by atoms with Crippen LogP contribution in [0.2, 0.25) is 0 Å². The Balaban J connectivity index is 1.63. The first-order chi connectivity index (χ1) is 13.4. The minimum absolute atomic E-state index is 0.107. The molecule has 0 aliphatic rings. The number of rotatable bonds is 6. The average molecular weight is 444 g/mol. The summed E-state index contributed by atoms with van der Waals surface area (Å²) in [7, 11) is 0. The van der Waals surface area contributed by atoms with Gasteiger partial charge in [-0.05, 0) is 29.8 Å². The average Bonchev–Trinajstić information content (AvgIpc) is 3.13. The van der Waals surface area contributed by atoms with Gasteiger partial charge in [-0.25, -0.2) is 5.43 Å². The summed E-state index contributed by atoms with van der Waals surface area (Å²) in [6.45, 7) is 0.505. The molecule has 2 aromatic carbocycles. The summed E-state index contributed by atoms with van der Waals surface area (Å²) in [6, 6.07) is 12.8. The number of nitrogens with zero attached hydrogens (tertiary/aromatic N) is 4. The summed E-state index contributed by atoms with van der Waals surface area (Å²) in [4.78, 5) is 22.3. The Morgan fingerprint density at radius 2 is 2.04 bits per heavy atom. The number of phenols is 1. The fourth-order valence-electron chi connectivity index (χ4n) is 2.32. The Morgan fingerprint density at radius 3 is 2.75 bits per heavy atom. The fourth-order valence-corrected chi connectivity index (χ4v) is 2.59. The van der Waals surface area contributed by atoms with Crippen LogP contribution in [-0.2, 0) is 6.54 Å². The summed E-state index contributed by atoms with van der Waals surface area (Å²) >= 11 is 3.37. The fraction of sp³-hybridized carbons (Fsp3) is 0.0556. The molecule has 0 fully saturated rings. The summed E-state index contributed by atoms with van der Waals surface area (Å²) in [5, 5.41) is 28.4. The number of carbonyl (C=O) groups excluding carboxylic acids is 1. The molecular weight excluding hydrogens is 430 g/mol. The van der Waals surface area contributed by atoms with Gasteiger partial charge < -0.3 is 5.11 Å². The number of benzene rings is 2. The standard InChI is InChI=1S/C18H14BrN5O4/c19-14-3-1-12(2-4-14)11-23-8-7-16(22-23)18(26)21-20-10-13-9-15(24(27)28)5-6-17(13)25/h1-10,25H,11H2,(H,21,26)/b20-10-. The van der Waals surface area contributed by atoms with Crippen LogP contribution in [0, 0.1) is 10.1 Å². The van der Waals surface area contributed by atoms with E-state index in [9.17, 15) is 20.0 Å². The van der Waals surface area contributed by atoms with Crippen LogP contribution < -0.4 is 5.43 Å². The van der Waals surface area contributed by atoms with Crippen LogP contribution in [-0.4, -0.2) is 31.9 Å². The smallest absolute Gasteiger partial charge is 0.291 e. The first kappa shape index (κ1) is 19.2. The number of aromatic nitrogens is 2. The number of carbonyl (C=O) groups is 1. The molecule has 1 aromatic heterocycles. The van der Waals surface area contributed by atoms with Crippen LogP contribution in [0.3, 0.4) is 0 Å². The Kier molecular flexibility index (Phi) is 5.80. The predicted molar refractivity (Wildman–Crippen MR) is 105 cm³/mol. The van der Waals surface area contributed by atoms with Crippen LogP contribution in [0.5, 0.6) is 5.75 Å². The summed E-state index contributed by atoms with van der Waals surface area (Å²) in [5.74, 6) is -0.738. The van der Waals surface area contributed by atoms with Crippen molar-refractivity contribution in [2.75, 3.05) is 0 Å². The van der Waals surface area contributed by atoms with Crippen molar-refractivity contribution in [1.29, 1.82) is 0 Å². The molecule has 1 heterocycles. The number of hydrogen-bond donors (Lipinski definition) is 2. The maximum atomic E-state index is 12.1. The molecule has 0 unspecified atom stereocenters. The molecule has 9 nitrogen and oxygen atoms in total. The topological polar surface area (TPSA) is 123 Å². The minimum Gasteiger partial charge on any atom is -0.507 e. The number of hydrogen-bond acceptors (Lipinski definition) is 6. The third-order valence-corrected chi connectivity index (χ3v) is 4.25. The maximum absolute atomic E-state index is 12.1. The highest BCUT2D eigenvalue weighted by Gasteiger charge is 2.11. The zero-order valence-electron chi connectivity index (χ0n) is 14.3. The number of hydrazone groups is 1. The van der Waals surface area contributed by atoms with E-state index in [2.05, 4.69) is 31.6 Å². The Bertz CT molecular complexity index is 1050. The number of nitro groups is 1. The van der Waals surface area contributed by atoms with Crippen molar-refractivity contribution in [3.63, 3.8) is 0 Å². The number of nitro benzene ring substituents is 1. The van der Waals surface area contributed by atoms with Gasteiger partial charge in [0.1, 0.15) is 5.75 Å². The quantitative estimate of drug-likeness (QED) is 0.344. The van der Waals surface area contributed by atoms with Crippen molar-refractivity contribution in [3.8, 4) is 5.75 Å². The summed E-state index contributed by atoms with van der Waals surface area (Å²) in [5.41, 5.74) is 3.38. The molecule has 0 aliphatic carbocycles. The molecule has 28 heavy (non-hydrogen) atoms. The number of halogens is 1. The van der Waals surface area contributed by atoms with Crippen LogP contribution in [0.15, 0.2) is 64.3 Å². The molecule has 142 valence electrons. The van der Waals surface area contributed by atoms with Crippen molar-refractivity contribution in [1.82, 2.24) is 15.2 Å². The molecule has 2 N–H and O–H groups in total. The van der Waals surface area contributed by atoms with Gasteiger partial charge in [-0.1, -0.05) is 28.1 Å². The zero-order valence-corrected chi connectivity index (χ0v) is 15.9. The van der Waals surface area contributed by atoms with E-state index in [0.717, 1.165) is 22.3 Å². The molecule has 0 atom stereocenters. The van der Waals surface area contributed by atoms with Crippen LogP contribution in [0.1, 0.15) is 21.6 Å². The molecular formula is C18H14BrN5O4. The third kappa shape index (κ3) is 4.80. The first-order valence-corrected chi connectivity index (χ1v) is 8.80. The minimum atomic E-state index is -0.590. The molecule has 0 bridgehead atoms. The summed E-state index contributed by atoms with van der Waals surface area (Å²) < 4.78 is 2.60. The first-order valence-electron chi connectivity index (χ1n) is 8.01. The van der Waals surface area contributed by atoms with E-state index in [-0.39, 0.29) is 22.7 Å². The molecule has 3 aromatic rings. The van der Waals surface area contributed by atoms with E-state index in [0.29, 0.717) is 6.54 Å². The van der Waals surface area contributed by atoms with Gasteiger partial charge in [0.15, 0.2) is 5.69 Å². The molecule has 3 rings (SSSR count). The van der Waals surface area contributed by atoms with Crippen LogP contribution >= 0.6 is 15.9 Å². The lowest BCUT2D eigenvalue weighted by molar-refractivity contribution is -0.384. The third-order valence-electron chi connectivity index (χ3n) is 3.72. The molecule has 0 saturated carbocycles.